The number of phenolic OH excluding ortho intramolecular Hbond substituents is 1. The summed E-state index contributed by atoms with van der Waals surface area (Å²) >= 11 is 0. The minimum Gasteiger partial charge on any atom is -0.508 e. The smallest absolute Gasteiger partial charge is 0.141 e. The molecule has 0 amide bonds. The van der Waals surface area contributed by atoms with Crippen LogP contribution >= 0.6 is 0 Å². The van der Waals surface area contributed by atoms with Crippen LogP contribution in [0, 0.1) is 0 Å². The Labute approximate surface area is 116 Å². The van der Waals surface area contributed by atoms with E-state index in [-0.39, 0.29) is 5.75 Å². The summed E-state index contributed by atoms with van der Waals surface area (Å²) in [7, 11) is 0. The van der Waals surface area contributed by atoms with Crippen molar-refractivity contribution in [2.75, 3.05) is 6.54 Å². The first-order valence-electron chi connectivity index (χ1n) is 6.61. The molecule has 0 bridgehead atoms. The summed E-state index contributed by atoms with van der Waals surface area (Å²) in [6.07, 6.45) is 1.92. The number of hydrogen-bond donors (Lipinski definition) is 1. The molecular weight excluding hydrogens is 250 g/mol. The van der Waals surface area contributed by atoms with E-state index in [1.807, 2.05) is 30.5 Å². The quantitative estimate of drug-likeness (QED) is 0.734. The van der Waals surface area contributed by atoms with Gasteiger partial charge in [0, 0.05) is 23.9 Å². The van der Waals surface area contributed by atoms with Crippen molar-refractivity contribution in [2.24, 2.45) is 4.99 Å². The molecule has 4 heteroatoms. The van der Waals surface area contributed by atoms with Gasteiger partial charge in [-0.1, -0.05) is 12.1 Å². The van der Waals surface area contributed by atoms with Crippen molar-refractivity contribution in [3.63, 3.8) is 0 Å². The summed E-state index contributed by atoms with van der Waals surface area (Å²) in [5.41, 5.74) is 4.24. The van der Waals surface area contributed by atoms with E-state index in [0.717, 1.165) is 41.1 Å². The lowest BCUT2D eigenvalue weighted by Gasteiger charge is -2.07. The molecule has 1 N–H and O–H groups in total. The Morgan fingerprint density at radius 1 is 1.05 bits per heavy atom. The van der Waals surface area contributed by atoms with Crippen LogP contribution < -0.4 is 0 Å². The van der Waals surface area contributed by atoms with Crippen LogP contribution in [0.25, 0.3) is 22.4 Å². The molecule has 1 aliphatic heterocycles. The van der Waals surface area contributed by atoms with Gasteiger partial charge in [-0.05, 0) is 30.3 Å². The molecule has 1 aromatic heterocycles. The lowest BCUT2D eigenvalue weighted by molar-refractivity contribution is 0.475. The van der Waals surface area contributed by atoms with Gasteiger partial charge in [-0.2, -0.15) is 0 Å². The summed E-state index contributed by atoms with van der Waals surface area (Å²) in [6.45, 7) is 1.57. The summed E-state index contributed by atoms with van der Waals surface area (Å²) in [5.74, 6) is 1.20. The van der Waals surface area contributed by atoms with Crippen molar-refractivity contribution in [1.29, 1.82) is 0 Å². The van der Waals surface area contributed by atoms with Crippen molar-refractivity contribution in [1.82, 2.24) is 9.55 Å². The maximum Gasteiger partial charge on any atom is 0.141 e. The van der Waals surface area contributed by atoms with Gasteiger partial charge >= 0.3 is 0 Å². The number of aromatic nitrogens is 2. The first kappa shape index (κ1) is 11.2. The highest BCUT2D eigenvalue weighted by atomic mass is 16.3. The molecule has 0 aliphatic carbocycles. The molecule has 3 aromatic rings. The van der Waals surface area contributed by atoms with Gasteiger partial charge in [0.05, 0.1) is 17.6 Å². The zero-order valence-corrected chi connectivity index (χ0v) is 10.8. The fourth-order valence-corrected chi connectivity index (χ4v) is 2.69. The van der Waals surface area contributed by atoms with Gasteiger partial charge in [0.15, 0.2) is 0 Å². The van der Waals surface area contributed by atoms with Crippen LogP contribution in [0.15, 0.2) is 47.5 Å². The summed E-state index contributed by atoms with van der Waals surface area (Å²) < 4.78 is 2.21. The molecule has 0 radical (unpaired) electrons. The van der Waals surface area contributed by atoms with Crippen LogP contribution in [-0.4, -0.2) is 27.4 Å². The van der Waals surface area contributed by atoms with Gasteiger partial charge in [0.25, 0.3) is 0 Å². The largest absolute Gasteiger partial charge is 0.508 e. The Balaban J connectivity index is 2.02. The van der Waals surface area contributed by atoms with Crippen molar-refractivity contribution in [3.8, 4) is 17.1 Å². The average Bonchev–Trinajstić information content (AvgIpc) is 2.69. The Kier molecular flexibility index (Phi) is 2.36. The Hall–Kier alpha value is -2.62. The van der Waals surface area contributed by atoms with Crippen LogP contribution in [0.5, 0.6) is 5.75 Å². The van der Waals surface area contributed by atoms with Gasteiger partial charge in [-0.3, -0.25) is 4.99 Å². The minimum absolute atomic E-state index is 0.268. The van der Waals surface area contributed by atoms with Crippen molar-refractivity contribution in [3.05, 3.63) is 48.0 Å². The van der Waals surface area contributed by atoms with E-state index in [1.165, 1.54) is 0 Å². The zero-order chi connectivity index (χ0) is 13.5. The third kappa shape index (κ3) is 1.61. The topological polar surface area (TPSA) is 50.4 Å². The monoisotopic (exact) mass is 263 g/mol. The van der Waals surface area contributed by atoms with E-state index < -0.39 is 0 Å². The Bertz CT molecular complexity index is 816. The second-order valence-electron chi connectivity index (χ2n) is 4.88. The normalized spacial score (nSPS) is 13.6. The molecule has 0 saturated carbocycles. The predicted molar refractivity (Wildman–Crippen MR) is 79.3 cm³/mol. The molecule has 4 rings (SSSR count). The van der Waals surface area contributed by atoms with Crippen LogP contribution in [0.4, 0.5) is 0 Å². The summed E-state index contributed by atoms with van der Waals surface area (Å²) in [4.78, 5) is 9.16. The van der Waals surface area contributed by atoms with Crippen molar-refractivity contribution >= 4 is 17.2 Å². The number of imidazole rings is 1. The first-order valence-corrected chi connectivity index (χ1v) is 6.61. The average molecular weight is 263 g/mol. The standard InChI is InChI=1S/C16H13N3O/c20-13-6-4-11(5-7-13)16-18-14-3-1-2-12-10-17-8-9-19(16)15(12)14/h1-7,10,20H,8-9H2. The second-order valence-corrected chi connectivity index (χ2v) is 4.88. The number of benzene rings is 2. The van der Waals surface area contributed by atoms with Crippen molar-refractivity contribution < 1.29 is 5.11 Å². The number of rotatable bonds is 1. The molecule has 0 saturated heterocycles. The van der Waals surface area contributed by atoms with E-state index in [9.17, 15) is 5.11 Å². The number of para-hydroxylation sites is 1. The third-order valence-electron chi connectivity index (χ3n) is 3.61. The molecule has 98 valence electrons. The second kappa shape index (κ2) is 4.20. The highest BCUT2D eigenvalue weighted by molar-refractivity contribution is 5.98. The number of aromatic hydroxyl groups is 1. The van der Waals surface area contributed by atoms with Crippen molar-refractivity contribution in [2.45, 2.75) is 6.54 Å². The van der Waals surface area contributed by atoms with E-state index >= 15 is 0 Å². The van der Waals surface area contributed by atoms with Gasteiger partial charge in [0.2, 0.25) is 0 Å². The van der Waals surface area contributed by atoms with Gasteiger partial charge in [0.1, 0.15) is 11.6 Å². The fourth-order valence-electron chi connectivity index (χ4n) is 2.69. The summed E-state index contributed by atoms with van der Waals surface area (Å²) in [5, 5.41) is 9.42. The highest BCUT2D eigenvalue weighted by Crippen LogP contribution is 2.28. The molecule has 1 aliphatic rings. The van der Waals surface area contributed by atoms with Gasteiger partial charge in [-0.25, -0.2) is 4.98 Å². The molecule has 4 nitrogen and oxygen atoms in total. The van der Waals surface area contributed by atoms with Crippen LogP contribution in [0.2, 0.25) is 0 Å². The van der Waals surface area contributed by atoms with Gasteiger partial charge in [-0.15, -0.1) is 0 Å². The lowest BCUT2D eigenvalue weighted by atomic mass is 10.2. The number of aliphatic imine (C=N–C) groups is 1. The molecular formula is C16H13N3O. The molecule has 2 aromatic carbocycles. The number of hydrogen-bond acceptors (Lipinski definition) is 3. The SMILES string of the molecule is Oc1ccc(-c2nc3cccc4c3n2CCN=C4)cc1. The first-order chi connectivity index (χ1) is 9.83. The van der Waals surface area contributed by atoms with Crippen LogP contribution in [0.1, 0.15) is 5.56 Å². The molecule has 0 spiro atoms. The van der Waals surface area contributed by atoms with E-state index in [1.54, 1.807) is 12.1 Å². The predicted octanol–water partition coefficient (Wildman–Crippen LogP) is 2.84. The van der Waals surface area contributed by atoms with Crippen LogP contribution in [0.3, 0.4) is 0 Å². The maximum atomic E-state index is 9.42. The fraction of sp³-hybridized carbons (Fsp3) is 0.125. The summed E-state index contributed by atoms with van der Waals surface area (Å²) in [6, 6.07) is 13.3. The maximum absolute atomic E-state index is 9.42. The van der Waals surface area contributed by atoms with E-state index in [2.05, 4.69) is 15.6 Å². The third-order valence-corrected chi connectivity index (χ3v) is 3.61. The molecule has 0 fully saturated rings. The van der Waals surface area contributed by atoms with E-state index in [0.29, 0.717) is 0 Å². The van der Waals surface area contributed by atoms with Gasteiger partial charge < -0.3 is 9.67 Å². The lowest BCUT2D eigenvalue weighted by Crippen LogP contribution is -2.02. The molecule has 2 heterocycles. The van der Waals surface area contributed by atoms with E-state index in [4.69, 9.17) is 4.98 Å². The molecule has 0 unspecified atom stereocenters. The minimum atomic E-state index is 0.268. The zero-order valence-electron chi connectivity index (χ0n) is 10.8. The number of phenols is 1. The van der Waals surface area contributed by atoms with Crippen LogP contribution in [-0.2, 0) is 6.54 Å². The Morgan fingerprint density at radius 2 is 1.90 bits per heavy atom. The number of nitrogens with zero attached hydrogens (tertiary/aromatic N) is 3. The molecule has 0 atom stereocenters. The Morgan fingerprint density at radius 3 is 2.75 bits per heavy atom. The highest BCUT2D eigenvalue weighted by Gasteiger charge is 2.16. The molecule has 20 heavy (non-hydrogen) atoms.